The minimum atomic E-state index is 0.258. The third-order valence-electron chi connectivity index (χ3n) is 5.65. The van der Waals surface area contributed by atoms with Gasteiger partial charge in [0.25, 0.3) is 0 Å². The maximum atomic E-state index is 12.2. The van der Waals surface area contributed by atoms with E-state index in [1.54, 1.807) is 11.8 Å². The van der Waals surface area contributed by atoms with Crippen molar-refractivity contribution in [2.24, 2.45) is 0 Å². The minimum Gasteiger partial charge on any atom is -0.441 e. The van der Waals surface area contributed by atoms with Gasteiger partial charge in [0.2, 0.25) is 11.8 Å². The molecule has 0 radical (unpaired) electrons. The number of hydrogen-bond acceptors (Lipinski definition) is 5. The summed E-state index contributed by atoms with van der Waals surface area (Å²) in [5.74, 6) is 1.81. The van der Waals surface area contributed by atoms with Crippen molar-refractivity contribution >= 4 is 17.7 Å². The van der Waals surface area contributed by atoms with Gasteiger partial charge in [0.15, 0.2) is 0 Å². The Kier molecular flexibility index (Phi) is 4.80. The number of likely N-dealkylation sites (N-methyl/N-ethyl adjacent to an activating group) is 1. The van der Waals surface area contributed by atoms with E-state index in [-0.39, 0.29) is 5.91 Å². The lowest BCUT2D eigenvalue weighted by Crippen LogP contribution is -2.38. The number of thioether (sulfide) groups is 1. The van der Waals surface area contributed by atoms with Crippen LogP contribution in [0.1, 0.15) is 30.7 Å². The Bertz CT molecular complexity index is 802. The Morgan fingerprint density at radius 1 is 1.23 bits per heavy atom. The number of rotatable bonds is 4. The second kappa shape index (κ2) is 7.08. The van der Waals surface area contributed by atoms with Crippen molar-refractivity contribution in [1.29, 1.82) is 0 Å². The van der Waals surface area contributed by atoms with E-state index < -0.39 is 0 Å². The lowest BCUT2D eigenvalue weighted by molar-refractivity contribution is -0.130. The first-order chi connectivity index (χ1) is 12.5. The number of carbonyl (C=O) groups is 1. The Balaban J connectivity index is 1.55. The number of likely N-dealkylation sites (tertiary alicyclic amines) is 1. The smallest absolute Gasteiger partial charge is 0.226 e. The number of carbonyl (C=O) groups excluding carboxylic acids is 1. The van der Waals surface area contributed by atoms with Crippen molar-refractivity contribution in [1.82, 2.24) is 14.8 Å². The Morgan fingerprint density at radius 3 is 2.69 bits per heavy atom. The maximum Gasteiger partial charge on any atom is 0.226 e. The van der Waals surface area contributed by atoms with E-state index in [0.717, 1.165) is 42.9 Å². The van der Waals surface area contributed by atoms with Gasteiger partial charge >= 0.3 is 0 Å². The third kappa shape index (κ3) is 3.28. The summed E-state index contributed by atoms with van der Waals surface area (Å²) in [7, 11) is 1.92. The summed E-state index contributed by atoms with van der Waals surface area (Å²) in [6, 6.07) is 9.06. The molecule has 2 atom stereocenters. The molecule has 2 saturated heterocycles. The standard InChI is InChI=1S/C20H25N3O2S/c1-13-18(21-20(25-13)14-4-8-17(26-3)9-5-14)12-23-15-6-7-16(23)11-22(2)19(24)10-15/h4-5,8-9,15-16H,6-7,10-12H2,1-3H3/t15-,16+/m1/s1. The zero-order valence-corrected chi connectivity index (χ0v) is 16.4. The van der Waals surface area contributed by atoms with Crippen molar-refractivity contribution < 1.29 is 9.21 Å². The zero-order chi connectivity index (χ0) is 18.3. The molecule has 1 aromatic carbocycles. The summed E-state index contributed by atoms with van der Waals surface area (Å²) < 4.78 is 5.96. The van der Waals surface area contributed by atoms with Crippen LogP contribution in [0, 0.1) is 6.92 Å². The van der Waals surface area contributed by atoms with Crippen molar-refractivity contribution in [2.45, 2.75) is 49.7 Å². The van der Waals surface area contributed by atoms with E-state index in [0.29, 0.717) is 24.4 Å². The average Bonchev–Trinajstić information content (AvgIpc) is 3.16. The molecule has 0 spiro atoms. The van der Waals surface area contributed by atoms with E-state index in [4.69, 9.17) is 9.40 Å². The normalized spacial score (nSPS) is 23.5. The number of oxazole rings is 1. The largest absolute Gasteiger partial charge is 0.441 e. The molecule has 138 valence electrons. The van der Waals surface area contributed by atoms with E-state index >= 15 is 0 Å². The zero-order valence-electron chi connectivity index (χ0n) is 15.6. The number of amides is 1. The highest BCUT2D eigenvalue weighted by Gasteiger charge is 2.39. The highest BCUT2D eigenvalue weighted by atomic mass is 32.2. The number of fused-ring (bicyclic) bond motifs is 2. The fourth-order valence-corrected chi connectivity index (χ4v) is 4.48. The minimum absolute atomic E-state index is 0.258. The number of nitrogens with zero attached hydrogens (tertiary/aromatic N) is 3. The number of aryl methyl sites for hydroxylation is 1. The molecule has 5 nitrogen and oxygen atoms in total. The molecule has 2 aromatic rings. The molecule has 26 heavy (non-hydrogen) atoms. The highest BCUT2D eigenvalue weighted by Crippen LogP contribution is 2.33. The molecule has 2 fully saturated rings. The van der Waals surface area contributed by atoms with Crippen molar-refractivity contribution in [2.75, 3.05) is 19.8 Å². The Hall–Kier alpha value is -1.79. The lowest BCUT2D eigenvalue weighted by atomic mass is 10.1. The maximum absolute atomic E-state index is 12.2. The van der Waals surface area contributed by atoms with Crippen LogP contribution < -0.4 is 0 Å². The van der Waals surface area contributed by atoms with Gasteiger partial charge in [0.1, 0.15) is 5.76 Å². The molecule has 3 heterocycles. The second-order valence-corrected chi connectivity index (χ2v) is 8.17. The predicted molar refractivity (Wildman–Crippen MR) is 103 cm³/mol. The summed E-state index contributed by atoms with van der Waals surface area (Å²) in [6.07, 6.45) is 4.94. The molecule has 2 aliphatic heterocycles. The first kappa shape index (κ1) is 17.6. The number of hydrogen-bond donors (Lipinski definition) is 0. The van der Waals surface area contributed by atoms with Crippen molar-refractivity contribution in [3.63, 3.8) is 0 Å². The van der Waals surface area contributed by atoms with Gasteiger partial charge in [0.05, 0.1) is 5.69 Å². The van der Waals surface area contributed by atoms with Gasteiger partial charge in [-0.3, -0.25) is 9.69 Å². The molecule has 0 aliphatic carbocycles. The van der Waals surface area contributed by atoms with Crippen LogP contribution in [0.15, 0.2) is 33.6 Å². The molecule has 1 amide bonds. The van der Waals surface area contributed by atoms with Gasteiger partial charge in [-0.15, -0.1) is 11.8 Å². The number of aromatic nitrogens is 1. The molecule has 6 heteroatoms. The molecule has 0 unspecified atom stereocenters. The molecule has 0 saturated carbocycles. The molecule has 2 bridgehead atoms. The summed E-state index contributed by atoms with van der Waals surface area (Å²) in [6.45, 7) is 3.56. The molecule has 0 N–H and O–H groups in total. The van der Waals surface area contributed by atoms with Crippen molar-refractivity contribution in [3.8, 4) is 11.5 Å². The van der Waals surface area contributed by atoms with Crippen LogP contribution in [0.5, 0.6) is 0 Å². The SMILES string of the molecule is CSc1ccc(-c2nc(CN3[C@@H]4CC[C@H]3CN(C)C(=O)C4)c(C)o2)cc1. The van der Waals surface area contributed by atoms with Crippen LogP contribution in [0.2, 0.25) is 0 Å². The van der Waals surface area contributed by atoms with E-state index in [2.05, 4.69) is 35.4 Å². The molecular formula is C20H25N3O2S. The molecule has 1 aromatic heterocycles. The van der Waals surface area contributed by atoms with Gasteiger partial charge in [-0.1, -0.05) is 0 Å². The van der Waals surface area contributed by atoms with Crippen LogP contribution in [-0.2, 0) is 11.3 Å². The van der Waals surface area contributed by atoms with Gasteiger partial charge in [0, 0.05) is 49.1 Å². The predicted octanol–water partition coefficient (Wildman–Crippen LogP) is 3.57. The fourth-order valence-electron chi connectivity index (χ4n) is 4.07. The highest BCUT2D eigenvalue weighted by molar-refractivity contribution is 7.98. The summed E-state index contributed by atoms with van der Waals surface area (Å²) in [4.78, 5) is 22.5. The van der Waals surface area contributed by atoms with Gasteiger partial charge < -0.3 is 9.32 Å². The summed E-state index contributed by atoms with van der Waals surface area (Å²) in [5.41, 5.74) is 1.99. The quantitative estimate of drug-likeness (QED) is 0.769. The summed E-state index contributed by atoms with van der Waals surface area (Å²) >= 11 is 1.72. The van der Waals surface area contributed by atoms with Crippen LogP contribution in [-0.4, -0.2) is 52.6 Å². The Morgan fingerprint density at radius 2 is 1.96 bits per heavy atom. The fraction of sp³-hybridized carbons (Fsp3) is 0.500. The van der Waals surface area contributed by atoms with Crippen molar-refractivity contribution in [3.05, 3.63) is 35.7 Å². The van der Waals surface area contributed by atoms with E-state index in [9.17, 15) is 4.79 Å². The molecular weight excluding hydrogens is 346 g/mol. The van der Waals surface area contributed by atoms with Crippen LogP contribution in [0.25, 0.3) is 11.5 Å². The second-order valence-electron chi connectivity index (χ2n) is 7.29. The van der Waals surface area contributed by atoms with Crippen LogP contribution in [0.3, 0.4) is 0 Å². The van der Waals surface area contributed by atoms with E-state index in [1.807, 2.05) is 18.9 Å². The molecule has 4 rings (SSSR count). The first-order valence-electron chi connectivity index (χ1n) is 9.15. The van der Waals surface area contributed by atoms with E-state index in [1.165, 1.54) is 4.90 Å². The third-order valence-corrected chi connectivity index (χ3v) is 6.40. The van der Waals surface area contributed by atoms with Gasteiger partial charge in [-0.05, 0) is 50.3 Å². The van der Waals surface area contributed by atoms with Crippen LogP contribution in [0.4, 0.5) is 0 Å². The topological polar surface area (TPSA) is 49.6 Å². The first-order valence-corrected chi connectivity index (χ1v) is 10.4. The molecule has 2 aliphatic rings. The number of benzene rings is 1. The Labute approximate surface area is 158 Å². The average molecular weight is 372 g/mol. The van der Waals surface area contributed by atoms with Gasteiger partial charge in [-0.2, -0.15) is 0 Å². The lowest BCUT2D eigenvalue weighted by Gasteiger charge is -2.26. The summed E-state index contributed by atoms with van der Waals surface area (Å²) in [5, 5.41) is 0. The monoisotopic (exact) mass is 371 g/mol. The van der Waals surface area contributed by atoms with Crippen LogP contribution >= 0.6 is 11.8 Å². The van der Waals surface area contributed by atoms with Gasteiger partial charge in [-0.25, -0.2) is 4.98 Å².